The van der Waals surface area contributed by atoms with Crippen LogP contribution in [-0.4, -0.2) is 35.5 Å². The average molecular weight is 501 g/mol. The van der Waals surface area contributed by atoms with Gasteiger partial charge in [-0.2, -0.15) is 0 Å². The predicted octanol–water partition coefficient (Wildman–Crippen LogP) is 4.32. The first-order valence-electron chi connectivity index (χ1n) is 11.6. The minimum atomic E-state index is -1.09. The number of aliphatic imine (C=N–C) groups is 1. The van der Waals surface area contributed by atoms with Crippen molar-refractivity contribution in [1.29, 1.82) is 0 Å². The largest absolute Gasteiger partial charge is 0.480 e. The molecule has 0 bridgehead atoms. The molecule has 0 fully saturated rings. The molecule has 4 aromatic rings. The van der Waals surface area contributed by atoms with E-state index in [1.807, 2.05) is 36.4 Å². The molecule has 0 aliphatic rings. The van der Waals surface area contributed by atoms with Gasteiger partial charge in [0.1, 0.15) is 6.04 Å². The van der Waals surface area contributed by atoms with Gasteiger partial charge in [-0.1, -0.05) is 72.8 Å². The van der Waals surface area contributed by atoms with E-state index < -0.39 is 17.9 Å². The van der Waals surface area contributed by atoms with Crippen molar-refractivity contribution in [3.05, 3.63) is 106 Å². The Morgan fingerprint density at radius 3 is 2.33 bits per heavy atom. The monoisotopic (exact) mass is 500 g/mol. The molecule has 1 heterocycles. The highest BCUT2D eigenvalue weighted by Gasteiger charge is 2.24. The number of carboxylic acid groups (broad SMARTS) is 1. The van der Waals surface area contributed by atoms with Crippen LogP contribution in [0.3, 0.4) is 0 Å². The van der Waals surface area contributed by atoms with E-state index in [-0.39, 0.29) is 18.3 Å². The summed E-state index contributed by atoms with van der Waals surface area (Å²) in [7, 11) is 0. The first-order valence-corrected chi connectivity index (χ1v) is 12.5. The number of hydrogen-bond donors (Lipinski definition) is 4. The molecule has 4 rings (SSSR count). The lowest BCUT2D eigenvalue weighted by Crippen LogP contribution is -2.40. The minimum Gasteiger partial charge on any atom is -0.480 e. The van der Waals surface area contributed by atoms with Gasteiger partial charge in [0.15, 0.2) is 5.96 Å². The second-order valence-corrected chi connectivity index (χ2v) is 9.58. The molecule has 36 heavy (non-hydrogen) atoms. The molecule has 0 saturated carbocycles. The second kappa shape index (κ2) is 11.5. The number of carboxylic acids is 1. The van der Waals surface area contributed by atoms with E-state index in [1.54, 1.807) is 6.07 Å². The summed E-state index contributed by atoms with van der Waals surface area (Å²) in [5.74, 6) is -1.61. The molecule has 0 saturated heterocycles. The summed E-state index contributed by atoms with van der Waals surface area (Å²) in [5.41, 5.74) is 12.9. The molecule has 2 atom stereocenters. The molecule has 7 nitrogen and oxygen atoms in total. The smallest absolute Gasteiger partial charge is 0.326 e. The number of benzene rings is 3. The minimum absolute atomic E-state index is 0.0450. The fraction of sp³-hybridized carbons (Fsp3) is 0.179. The zero-order valence-corrected chi connectivity index (χ0v) is 20.4. The number of hydrogen-bond acceptors (Lipinski definition) is 4. The summed E-state index contributed by atoms with van der Waals surface area (Å²) >= 11 is 1.37. The molecule has 6 N–H and O–H groups in total. The van der Waals surface area contributed by atoms with E-state index >= 15 is 0 Å². The summed E-state index contributed by atoms with van der Waals surface area (Å²) in [5, 5.41) is 14.5. The van der Waals surface area contributed by atoms with Gasteiger partial charge in [-0.15, -0.1) is 11.3 Å². The van der Waals surface area contributed by atoms with Crippen LogP contribution in [0.25, 0.3) is 10.8 Å². The average Bonchev–Trinajstić information content (AvgIpc) is 3.36. The van der Waals surface area contributed by atoms with Crippen LogP contribution in [0, 0.1) is 0 Å². The van der Waals surface area contributed by atoms with Crippen LogP contribution in [0.15, 0.2) is 89.9 Å². The Bertz CT molecular complexity index is 1380. The first-order chi connectivity index (χ1) is 17.4. The van der Waals surface area contributed by atoms with Crippen LogP contribution in [-0.2, 0) is 4.79 Å². The van der Waals surface area contributed by atoms with E-state index in [4.69, 9.17) is 11.5 Å². The van der Waals surface area contributed by atoms with Gasteiger partial charge in [0.2, 0.25) is 0 Å². The third-order valence-corrected chi connectivity index (χ3v) is 7.07. The van der Waals surface area contributed by atoms with E-state index in [1.165, 1.54) is 16.7 Å². The zero-order valence-electron chi connectivity index (χ0n) is 19.6. The van der Waals surface area contributed by atoms with Crippen LogP contribution in [0.5, 0.6) is 0 Å². The number of nitrogens with one attached hydrogen (secondary N) is 1. The lowest BCUT2D eigenvalue weighted by Gasteiger charge is -2.18. The van der Waals surface area contributed by atoms with Gasteiger partial charge in [-0.25, -0.2) is 4.79 Å². The van der Waals surface area contributed by atoms with Crippen LogP contribution >= 0.6 is 11.3 Å². The molecule has 0 radical (unpaired) electrons. The van der Waals surface area contributed by atoms with Gasteiger partial charge in [0.25, 0.3) is 5.91 Å². The number of carbonyl (C=O) groups is 2. The Labute approximate surface area is 213 Å². The Hall–Kier alpha value is -4.17. The third-order valence-electron chi connectivity index (χ3n) is 5.92. The van der Waals surface area contributed by atoms with Crippen molar-refractivity contribution in [3.63, 3.8) is 0 Å². The maximum Gasteiger partial charge on any atom is 0.326 e. The molecule has 1 amide bonds. The Kier molecular flexibility index (Phi) is 7.97. The molecule has 8 heteroatoms. The fourth-order valence-corrected chi connectivity index (χ4v) is 5.24. The first kappa shape index (κ1) is 24.9. The number of fused-ring (bicyclic) bond motifs is 1. The quantitative estimate of drug-likeness (QED) is 0.146. The molecular formula is C28H28N4O3S. The summed E-state index contributed by atoms with van der Waals surface area (Å²) in [6.07, 6.45) is 0.655. The fourth-order valence-electron chi connectivity index (χ4n) is 4.17. The van der Waals surface area contributed by atoms with Crippen molar-refractivity contribution >= 4 is 39.9 Å². The highest BCUT2D eigenvalue weighted by molar-refractivity contribution is 7.14. The van der Waals surface area contributed by atoms with Gasteiger partial charge in [0, 0.05) is 17.3 Å². The van der Waals surface area contributed by atoms with Crippen LogP contribution in [0.1, 0.15) is 44.4 Å². The van der Waals surface area contributed by atoms with Crippen molar-refractivity contribution in [2.24, 2.45) is 16.5 Å². The topological polar surface area (TPSA) is 131 Å². The maximum atomic E-state index is 13.0. The molecule has 0 spiro atoms. The molecular weight excluding hydrogens is 472 g/mol. The number of rotatable bonds is 10. The van der Waals surface area contributed by atoms with Gasteiger partial charge in [0.05, 0.1) is 4.88 Å². The number of thiophene rings is 1. The summed E-state index contributed by atoms with van der Waals surface area (Å²) < 4.78 is 0. The number of guanidine groups is 1. The van der Waals surface area contributed by atoms with Crippen LogP contribution < -0.4 is 16.8 Å². The molecule has 184 valence electrons. The number of nitrogens with zero attached hydrogens (tertiary/aromatic N) is 1. The predicted molar refractivity (Wildman–Crippen MR) is 144 cm³/mol. The van der Waals surface area contributed by atoms with E-state index in [9.17, 15) is 14.7 Å². The highest BCUT2D eigenvalue weighted by atomic mass is 32.1. The third kappa shape index (κ3) is 6.09. The Morgan fingerprint density at radius 2 is 1.61 bits per heavy atom. The highest BCUT2D eigenvalue weighted by Crippen LogP contribution is 2.37. The summed E-state index contributed by atoms with van der Waals surface area (Å²) in [4.78, 5) is 30.0. The number of carbonyl (C=O) groups excluding carboxylic acids is 1. The standard InChI is InChI=1S/C28H28N4O3S/c29-28(30)31-16-6-11-22(27(34)35)32-26(33)24-15-14-23(36-24)25(19-8-2-1-3-9-19)21-13-12-18-7-4-5-10-20(18)17-21/h1-5,7-10,12-15,17,22,25H,6,11,16H2,(H,32,33)(H,34,35)(H4,29,30,31)/t22-,25?/m0/s1. The van der Waals surface area contributed by atoms with Gasteiger partial charge < -0.3 is 21.9 Å². The Morgan fingerprint density at radius 1 is 0.889 bits per heavy atom. The van der Waals surface area contributed by atoms with Crippen LogP contribution in [0.4, 0.5) is 0 Å². The van der Waals surface area contributed by atoms with E-state index in [0.29, 0.717) is 17.8 Å². The van der Waals surface area contributed by atoms with Crippen molar-refractivity contribution in [1.82, 2.24) is 5.32 Å². The summed E-state index contributed by atoms with van der Waals surface area (Å²) in [6.45, 7) is 0.301. The summed E-state index contributed by atoms with van der Waals surface area (Å²) in [6, 6.07) is 27.5. The maximum absolute atomic E-state index is 13.0. The van der Waals surface area contributed by atoms with Crippen molar-refractivity contribution in [2.45, 2.75) is 24.8 Å². The normalized spacial score (nSPS) is 12.6. The molecule has 0 aliphatic heterocycles. The SMILES string of the molecule is NC(N)=NCCC[C@H](NC(=O)c1ccc(C(c2ccccc2)c2ccc3ccccc3c2)s1)C(=O)O. The van der Waals surface area contributed by atoms with Gasteiger partial charge >= 0.3 is 5.97 Å². The van der Waals surface area contributed by atoms with Crippen LogP contribution in [0.2, 0.25) is 0 Å². The van der Waals surface area contributed by atoms with Crippen molar-refractivity contribution < 1.29 is 14.7 Å². The van der Waals surface area contributed by atoms with Gasteiger partial charge in [-0.05, 0) is 46.9 Å². The van der Waals surface area contributed by atoms with Gasteiger partial charge in [-0.3, -0.25) is 9.79 Å². The van der Waals surface area contributed by atoms with Crippen molar-refractivity contribution in [2.75, 3.05) is 6.54 Å². The van der Waals surface area contributed by atoms with E-state index in [2.05, 4.69) is 52.8 Å². The lowest BCUT2D eigenvalue weighted by atomic mass is 9.89. The number of nitrogens with two attached hydrogens (primary N) is 2. The number of aliphatic carboxylic acids is 1. The van der Waals surface area contributed by atoms with E-state index in [0.717, 1.165) is 21.4 Å². The Balaban J connectivity index is 1.58. The molecule has 0 aliphatic carbocycles. The molecule has 3 aromatic carbocycles. The molecule has 1 unspecified atom stereocenters. The zero-order chi connectivity index (χ0) is 25.5. The lowest BCUT2D eigenvalue weighted by molar-refractivity contribution is -0.139. The molecule has 1 aromatic heterocycles. The number of amides is 1. The second-order valence-electron chi connectivity index (χ2n) is 8.47. The van der Waals surface area contributed by atoms with Crippen molar-refractivity contribution in [3.8, 4) is 0 Å².